The molecule has 0 saturated heterocycles. The van der Waals surface area contributed by atoms with E-state index in [1.54, 1.807) is 24.3 Å². The number of carbonyl (C=O) groups excluding carboxylic acids is 1. The molecule has 0 aliphatic carbocycles. The van der Waals surface area contributed by atoms with Gasteiger partial charge in [-0.25, -0.2) is 0 Å². The van der Waals surface area contributed by atoms with E-state index in [2.05, 4.69) is 0 Å². The monoisotopic (exact) mass is 269 g/mol. The smallest absolute Gasteiger partial charge is 0.179 e. The molecule has 0 saturated carbocycles. The van der Waals surface area contributed by atoms with Gasteiger partial charge in [0.15, 0.2) is 5.78 Å². The van der Waals surface area contributed by atoms with Gasteiger partial charge < -0.3 is 10.5 Å². The van der Waals surface area contributed by atoms with Gasteiger partial charge in [0.2, 0.25) is 0 Å². The van der Waals surface area contributed by atoms with Crippen LogP contribution in [0.4, 0.5) is 0 Å². The lowest BCUT2D eigenvalue weighted by Crippen LogP contribution is -2.35. The summed E-state index contributed by atoms with van der Waals surface area (Å²) in [5.41, 5.74) is 6.49. The molecule has 0 heterocycles. The molecule has 0 aliphatic rings. The van der Waals surface area contributed by atoms with Crippen LogP contribution in [0.1, 0.15) is 24.2 Å². The Morgan fingerprint density at radius 2 is 1.50 bits per heavy atom. The molecule has 0 amide bonds. The van der Waals surface area contributed by atoms with E-state index in [4.69, 9.17) is 10.5 Å². The van der Waals surface area contributed by atoms with E-state index in [9.17, 15) is 4.79 Å². The van der Waals surface area contributed by atoms with Crippen molar-refractivity contribution in [3.05, 3.63) is 60.2 Å². The molecule has 1 atom stereocenters. The van der Waals surface area contributed by atoms with E-state index in [1.807, 2.05) is 44.2 Å². The molecule has 0 fully saturated rings. The fraction of sp³-hybridized carbons (Fsp3) is 0.235. The van der Waals surface area contributed by atoms with Crippen molar-refractivity contribution < 1.29 is 9.53 Å². The maximum atomic E-state index is 12.1. The Morgan fingerprint density at radius 1 is 0.950 bits per heavy atom. The normalized spacial score (nSPS) is 12.2. The van der Waals surface area contributed by atoms with Crippen molar-refractivity contribution >= 4 is 5.78 Å². The molecule has 0 aromatic heterocycles. The second-order valence-corrected chi connectivity index (χ2v) is 5.07. The molecule has 3 heteroatoms. The Labute approximate surface area is 119 Å². The molecule has 0 radical (unpaired) electrons. The van der Waals surface area contributed by atoms with Crippen molar-refractivity contribution in [2.24, 2.45) is 11.7 Å². The quantitative estimate of drug-likeness (QED) is 0.843. The topological polar surface area (TPSA) is 52.3 Å². The minimum Gasteiger partial charge on any atom is -0.457 e. The van der Waals surface area contributed by atoms with Crippen LogP contribution in [0.2, 0.25) is 0 Å². The van der Waals surface area contributed by atoms with Crippen molar-refractivity contribution in [1.82, 2.24) is 0 Å². The molecule has 3 nitrogen and oxygen atoms in total. The van der Waals surface area contributed by atoms with Crippen LogP contribution in [-0.2, 0) is 0 Å². The third-order valence-corrected chi connectivity index (χ3v) is 3.14. The number of nitrogens with two attached hydrogens (primary N) is 1. The molecule has 2 aromatic carbocycles. The van der Waals surface area contributed by atoms with E-state index < -0.39 is 6.04 Å². The Bertz CT molecular complexity index is 561. The summed E-state index contributed by atoms with van der Waals surface area (Å²) >= 11 is 0. The maximum Gasteiger partial charge on any atom is 0.179 e. The summed E-state index contributed by atoms with van der Waals surface area (Å²) in [5.74, 6) is 1.56. The number of hydrogen-bond acceptors (Lipinski definition) is 3. The fourth-order valence-corrected chi connectivity index (χ4v) is 1.81. The van der Waals surface area contributed by atoms with Gasteiger partial charge in [-0.1, -0.05) is 32.0 Å². The van der Waals surface area contributed by atoms with Gasteiger partial charge in [-0.05, 0) is 42.3 Å². The molecular formula is C17H19NO2. The number of carbonyl (C=O) groups is 1. The molecular weight excluding hydrogens is 250 g/mol. The Balaban J connectivity index is 2.09. The highest BCUT2D eigenvalue weighted by Gasteiger charge is 2.18. The van der Waals surface area contributed by atoms with Crippen molar-refractivity contribution in [3.8, 4) is 11.5 Å². The molecule has 2 rings (SSSR count). The van der Waals surface area contributed by atoms with Crippen LogP contribution in [-0.4, -0.2) is 11.8 Å². The zero-order chi connectivity index (χ0) is 14.5. The molecule has 2 N–H and O–H groups in total. The van der Waals surface area contributed by atoms with Crippen LogP contribution in [0, 0.1) is 5.92 Å². The van der Waals surface area contributed by atoms with Crippen molar-refractivity contribution in [2.75, 3.05) is 0 Å². The summed E-state index contributed by atoms with van der Waals surface area (Å²) in [6.07, 6.45) is 0. The molecule has 20 heavy (non-hydrogen) atoms. The minimum atomic E-state index is -0.462. The summed E-state index contributed by atoms with van der Waals surface area (Å²) in [4.78, 5) is 12.1. The van der Waals surface area contributed by atoms with E-state index >= 15 is 0 Å². The average molecular weight is 269 g/mol. The summed E-state index contributed by atoms with van der Waals surface area (Å²) in [5, 5.41) is 0. The molecule has 1 unspecified atom stereocenters. The third-order valence-electron chi connectivity index (χ3n) is 3.14. The Morgan fingerprint density at radius 3 is 2.05 bits per heavy atom. The van der Waals surface area contributed by atoms with Gasteiger partial charge in [0.25, 0.3) is 0 Å². The van der Waals surface area contributed by atoms with E-state index in [1.165, 1.54) is 0 Å². The Kier molecular flexibility index (Phi) is 4.53. The predicted molar refractivity (Wildman–Crippen MR) is 80.1 cm³/mol. The first-order chi connectivity index (χ1) is 9.58. The highest BCUT2D eigenvalue weighted by atomic mass is 16.5. The van der Waals surface area contributed by atoms with Gasteiger partial charge >= 0.3 is 0 Å². The van der Waals surface area contributed by atoms with Gasteiger partial charge in [0, 0.05) is 5.56 Å². The molecule has 104 valence electrons. The van der Waals surface area contributed by atoms with Crippen LogP contribution < -0.4 is 10.5 Å². The van der Waals surface area contributed by atoms with E-state index in [-0.39, 0.29) is 11.7 Å². The van der Waals surface area contributed by atoms with E-state index in [0.717, 1.165) is 5.75 Å². The van der Waals surface area contributed by atoms with Crippen LogP contribution >= 0.6 is 0 Å². The van der Waals surface area contributed by atoms with Gasteiger partial charge in [-0.2, -0.15) is 0 Å². The Hall–Kier alpha value is -2.13. The minimum absolute atomic E-state index is 0.0359. The highest BCUT2D eigenvalue weighted by Crippen LogP contribution is 2.21. The standard InChI is InChI=1S/C17H19NO2/c1-12(2)16(18)17(19)13-8-10-15(11-9-13)20-14-6-4-3-5-7-14/h3-12,16H,18H2,1-2H3. The van der Waals surface area contributed by atoms with Gasteiger partial charge in [-0.15, -0.1) is 0 Å². The largest absolute Gasteiger partial charge is 0.457 e. The lowest BCUT2D eigenvalue weighted by atomic mass is 9.96. The fourth-order valence-electron chi connectivity index (χ4n) is 1.81. The number of ether oxygens (including phenoxy) is 1. The van der Waals surface area contributed by atoms with Gasteiger partial charge in [0.1, 0.15) is 11.5 Å². The van der Waals surface area contributed by atoms with E-state index in [0.29, 0.717) is 11.3 Å². The first-order valence-electron chi connectivity index (χ1n) is 6.70. The summed E-state index contributed by atoms with van der Waals surface area (Å²) < 4.78 is 5.68. The van der Waals surface area contributed by atoms with Gasteiger partial charge in [-0.3, -0.25) is 4.79 Å². The van der Waals surface area contributed by atoms with Crippen LogP contribution in [0.15, 0.2) is 54.6 Å². The molecule has 0 aliphatic heterocycles. The number of ketones is 1. The number of Topliss-reactive ketones (excluding diaryl/α,β-unsaturated/α-hetero) is 1. The first kappa shape index (κ1) is 14.3. The highest BCUT2D eigenvalue weighted by molar-refractivity contribution is 6.00. The van der Waals surface area contributed by atoms with Gasteiger partial charge in [0.05, 0.1) is 6.04 Å². The van der Waals surface area contributed by atoms with Crippen LogP contribution in [0.5, 0.6) is 11.5 Å². The van der Waals surface area contributed by atoms with Crippen molar-refractivity contribution in [2.45, 2.75) is 19.9 Å². The summed E-state index contributed by atoms with van der Waals surface area (Å²) in [7, 11) is 0. The molecule has 0 spiro atoms. The lowest BCUT2D eigenvalue weighted by molar-refractivity contribution is 0.0940. The lowest BCUT2D eigenvalue weighted by Gasteiger charge is -2.14. The van der Waals surface area contributed by atoms with Crippen molar-refractivity contribution in [1.29, 1.82) is 0 Å². The number of benzene rings is 2. The molecule has 0 bridgehead atoms. The average Bonchev–Trinajstić information content (AvgIpc) is 2.47. The summed E-state index contributed by atoms with van der Waals surface area (Å²) in [6.45, 7) is 3.88. The van der Waals surface area contributed by atoms with Crippen molar-refractivity contribution in [3.63, 3.8) is 0 Å². The SMILES string of the molecule is CC(C)C(N)C(=O)c1ccc(Oc2ccccc2)cc1. The second kappa shape index (κ2) is 6.35. The second-order valence-electron chi connectivity index (χ2n) is 5.07. The predicted octanol–water partition coefficient (Wildman–Crippen LogP) is 3.64. The van der Waals surface area contributed by atoms with Crippen LogP contribution in [0.25, 0.3) is 0 Å². The van der Waals surface area contributed by atoms with Crippen LogP contribution in [0.3, 0.4) is 0 Å². The zero-order valence-corrected chi connectivity index (χ0v) is 11.7. The first-order valence-corrected chi connectivity index (χ1v) is 6.70. The maximum absolute atomic E-state index is 12.1. The zero-order valence-electron chi connectivity index (χ0n) is 11.7. The third kappa shape index (κ3) is 3.45. The summed E-state index contributed by atoms with van der Waals surface area (Å²) in [6, 6.07) is 16.1. The molecule has 2 aromatic rings. The number of para-hydroxylation sites is 1. The number of rotatable bonds is 5. The number of hydrogen-bond donors (Lipinski definition) is 1.